The van der Waals surface area contributed by atoms with Gasteiger partial charge in [-0.05, 0) is 41.9 Å². The van der Waals surface area contributed by atoms with Gasteiger partial charge in [0.05, 0.1) is 0 Å². The third-order valence-electron chi connectivity index (χ3n) is 4.95. The molecule has 0 heterocycles. The van der Waals surface area contributed by atoms with Gasteiger partial charge < -0.3 is 5.11 Å². The first kappa shape index (κ1) is 8.55. The summed E-state index contributed by atoms with van der Waals surface area (Å²) in [4.78, 5) is 0. The number of hydrogen-bond acceptors (Lipinski definition) is 1. The summed E-state index contributed by atoms with van der Waals surface area (Å²) in [5, 5.41) is 8.94. The number of fused-ring (bicyclic) bond motifs is 1. The molecule has 1 N–H and O–H groups in total. The van der Waals surface area contributed by atoms with Crippen LogP contribution in [0.2, 0.25) is 0 Å². The maximum absolute atomic E-state index is 8.94. The molecule has 2 aliphatic rings. The Kier molecular flexibility index (Phi) is 1.61. The van der Waals surface area contributed by atoms with E-state index >= 15 is 0 Å². The third kappa shape index (κ3) is 0.834. The van der Waals surface area contributed by atoms with Gasteiger partial charge in [0.2, 0.25) is 0 Å². The van der Waals surface area contributed by atoms with Gasteiger partial charge >= 0.3 is 0 Å². The van der Waals surface area contributed by atoms with Gasteiger partial charge in [-0.25, -0.2) is 0 Å². The van der Waals surface area contributed by atoms with Crippen molar-refractivity contribution in [2.24, 2.45) is 22.7 Å². The summed E-state index contributed by atoms with van der Waals surface area (Å²) in [5.41, 5.74) is 1.09. The second kappa shape index (κ2) is 2.25. The zero-order valence-corrected chi connectivity index (χ0v) is 8.43. The maximum Gasteiger partial charge on any atom is 0.0433 e. The average molecular weight is 168 g/mol. The highest BCUT2D eigenvalue weighted by molar-refractivity contribution is 5.15. The number of aliphatic hydroxyl groups excluding tert-OH is 1. The number of hydrogen-bond donors (Lipinski definition) is 1. The monoisotopic (exact) mass is 168 g/mol. The smallest absolute Gasteiger partial charge is 0.0433 e. The average Bonchev–Trinajstić information content (AvgIpc) is 2.58. The van der Waals surface area contributed by atoms with Crippen molar-refractivity contribution in [3.8, 4) is 0 Å². The Labute approximate surface area is 75.2 Å². The number of rotatable bonds is 2. The molecule has 70 valence electrons. The van der Waals surface area contributed by atoms with E-state index in [0.29, 0.717) is 17.4 Å². The molecule has 2 rings (SSSR count). The summed E-state index contributed by atoms with van der Waals surface area (Å²) in [7, 11) is 0. The van der Waals surface area contributed by atoms with Crippen LogP contribution in [0.5, 0.6) is 0 Å². The summed E-state index contributed by atoms with van der Waals surface area (Å²) in [5.74, 6) is 1.75. The van der Waals surface area contributed by atoms with Crippen molar-refractivity contribution in [2.75, 3.05) is 6.61 Å². The molecule has 2 aliphatic carbocycles. The van der Waals surface area contributed by atoms with Crippen LogP contribution in [-0.2, 0) is 0 Å². The highest BCUT2D eigenvalue weighted by Gasteiger charge is 2.66. The standard InChI is InChI=1S/C11H20O/c1-10(2)8(4-5-12)6-9-7-11(9,10)3/h8-9,12H,4-7H2,1-3H3/t8-,9+,11-/m0/s1. The van der Waals surface area contributed by atoms with Crippen LogP contribution in [0.15, 0.2) is 0 Å². The van der Waals surface area contributed by atoms with Crippen molar-refractivity contribution in [3.05, 3.63) is 0 Å². The van der Waals surface area contributed by atoms with Crippen LogP contribution in [0, 0.1) is 22.7 Å². The molecule has 0 unspecified atom stereocenters. The van der Waals surface area contributed by atoms with Crippen LogP contribution in [0.1, 0.15) is 40.0 Å². The summed E-state index contributed by atoms with van der Waals surface area (Å²) in [6, 6.07) is 0. The van der Waals surface area contributed by atoms with Crippen molar-refractivity contribution >= 4 is 0 Å². The zero-order valence-electron chi connectivity index (χ0n) is 8.43. The molecule has 0 bridgehead atoms. The SMILES string of the molecule is CC1(C)[C@@H](CCO)C[C@@H]2C[C@@]21C. The molecule has 12 heavy (non-hydrogen) atoms. The van der Waals surface area contributed by atoms with E-state index in [-0.39, 0.29) is 0 Å². The van der Waals surface area contributed by atoms with Gasteiger partial charge in [-0.1, -0.05) is 20.8 Å². The molecular formula is C11H20O. The van der Waals surface area contributed by atoms with Gasteiger partial charge in [0, 0.05) is 6.61 Å². The minimum atomic E-state index is 0.372. The predicted octanol–water partition coefficient (Wildman–Crippen LogP) is 2.44. The molecule has 0 aromatic heterocycles. The lowest BCUT2D eigenvalue weighted by molar-refractivity contribution is 0.119. The van der Waals surface area contributed by atoms with Crippen LogP contribution in [0.25, 0.3) is 0 Å². The molecule has 0 radical (unpaired) electrons. The zero-order chi connectivity index (χ0) is 8.98. The predicted molar refractivity (Wildman–Crippen MR) is 49.8 cm³/mol. The van der Waals surface area contributed by atoms with Crippen molar-refractivity contribution in [2.45, 2.75) is 40.0 Å². The molecular weight excluding hydrogens is 148 g/mol. The minimum absolute atomic E-state index is 0.372. The van der Waals surface area contributed by atoms with Crippen LogP contribution in [-0.4, -0.2) is 11.7 Å². The van der Waals surface area contributed by atoms with Crippen LogP contribution in [0.3, 0.4) is 0 Å². The Balaban J connectivity index is 2.12. The van der Waals surface area contributed by atoms with Crippen LogP contribution in [0.4, 0.5) is 0 Å². The van der Waals surface area contributed by atoms with Gasteiger partial charge in [0.1, 0.15) is 0 Å². The lowest BCUT2D eigenvalue weighted by Crippen LogP contribution is -2.28. The van der Waals surface area contributed by atoms with Crippen molar-refractivity contribution in [1.82, 2.24) is 0 Å². The molecule has 2 saturated carbocycles. The first-order valence-electron chi connectivity index (χ1n) is 5.13. The van der Waals surface area contributed by atoms with Gasteiger partial charge in [0.25, 0.3) is 0 Å². The number of aliphatic hydroxyl groups is 1. The first-order valence-corrected chi connectivity index (χ1v) is 5.13. The van der Waals surface area contributed by atoms with E-state index in [4.69, 9.17) is 5.11 Å². The second-order valence-corrected chi connectivity index (χ2v) is 5.49. The van der Waals surface area contributed by atoms with E-state index in [1.807, 2.05) is 0 Å². The Morgan fingerprint density at radius 3 is 2.42 bits per heavy atom. The summed E-state index contributed by atoms with van der Waals surface area (Å²) < 4.78 is 0. The van der Waals surface area contributed by atoms with E-state index in [9.17, 15) is 0 Å². The first-order chi connectivity index (χ1) is 5.52. The molecule has 2 fully saturated rings. The highest BCUT2D eigenvalue weighted by atomic mass is 16.3. The molecule has 1 nitrogen and oxygen atoms in total. The largest absolute Gasteiger partial charge is 0.396 e. The van der Waals surface area contributed by atoms with Crippen LogP contribution >= 0.6 is 0 Å². The molecule has 0 saturated heterocycles. The molecule has 0 spiro atoms. The van der Waals surface area contributed by atoms with Gasteiger partial charge in [-0.15, -0.1) is 0 Å². The molecule has 0 aromatic carbocycles. The van der Waals surface area contributed by atoms with E-state index in [1.54, 1.807) is 0 Å². The lowest BCUT2D eigenvalue weighted by Gasteiger charge is -2.35. The van der Waals surface area contributed by atoms with Crippen molar-refractivity contribution in [1.29, 1.82) is 0 Å². The van der Waals surface area contributed by atoms with Crippen molar-refractivity contribution < 1.29 is 5.11 Å². The fourth-order valence-electron chi connectivity index (χ4n) is 3.32. The van der Waals surface area contributed by atoms with Crippen molar-refractivity contribution in [3.63, 3.8) is 0 Å². The summed E-state index contributed by atoms with van der Waals surface area (Å²) in [6.45, 7) is 7.58. The topological polar surface area (TPSA) is 20.2 Å². The molecule has 3 atom stereocenters. The fourth-order valence-corrected chi connectivity index (χ4v) is 3.32. The van der Waals surface area contributed by atoms with E-state index < -0.39 is 0 Å². The minimum Gasteiger partial charge on any atom is -0.396 e. The Morgan fingerprint density at radius 1 is 1.33 bits per heavy atom. The second-order valence-electron chi connectivity index (χ2n) is 5.49. The van der Waals surface area contributed by atoms with E-state index in [2.05, 4.69) is 20.8 Å². The Bertz CT molecular complexity index is 197. The third-order valence-corrected chi connectivity index (χ3v) is 4.95. The molecule has 0 amide bonds. The molecule has 1 heteroatoms. The quantitative estimate of drug-likeness (QED) is 0.671. The lowest BCUT2D eigenvalue weighted by atomic mass is 9.70. The Hall–Kier alpha value is -0.0400. The van der Waals surface area contributed by atoms with E-state index in [0.717, 1.165) is 18.3 Å². The summed E-state index contributed by atoms with van der Waals surface area (Å²) in [6.07, 6.45) is 3.81. The maximum atomic E-state index is 8.94. The van der Waals surface area contributed by atoms with Gasteiger partial charge in [-0.2, -0.15) is 0 Å². The molecule has 0 aliphatic heterocycles. The van der Waals surface area contributed by atoms with Gasteiger partial charge in [-0.3, -0.25) is 0 Å². The fraction of sp³-hybridized carbons (Fsp3) is 1.00. The van der Waals surface area contributed by atoms with Crippen LogP contribution < -0.4 is 0 Å². The summed E-state index contributed by atoms with van der Waals surface area (Å²) >= 11 is 0. The highest BCUT2D eigenvalue weighted by Crippen LogP contribution is 2.74. The van der Waals surface area contributed by atoms with Gasteiger partial charge in [0.15, 0.2) is 0 Å². The molecule has 0 aromatic rings. The Morgan fingerprint density at radius 2 is 2.00 bits per heavy atom. The normalized spacial score (nSPS) is 49.0. The van der Waals surface area contributed by atoms with E-state index in [1.165, 1.54) is 12.8 Å².